The number of anilines is 1. The number of nitrogens with zero attached hydrogens (tertiary/aromatic N) is 2. The topological polar surface area (TPSA) is 16.1 Å². The van der Waals surface area contributed by atoms with Gasteiger partial charge in [0.15, 0.2) is 0 Å². The zero-order chi connectivity index (χ0) is 13.8. The van der Waals surface area contributed by atoms with Crippen molar-refractivity contribution < 1.29 is 0 Å². The molecule has 1 heterocycles. The Hall–Kier alpha value is -1.05. The molecule has 2 atom stereocenters. The predicted octanol–water partition coefficient (Wildman–Crippen LogP) is 4.30. The highest BCUT2D eigenvalue weighted by Crippen LogP contribution is 2.30. The number of hydrogen-bond donors (Lipinski definition) is 0. The van der Waals surface area contributed by atoms with Crippen LogP contribution in [0.15, 0.2) is 18.3 Å². The Kier molecular flexibility index (Phi) is 4.84. The van der Waals surface area contributed by atoms with E-state index in [9.17, 15) is 0 Å². The quantitative estimate of drug-likeness (QED) is 0.802. The van der Waals surface area contributed by atoms with E-state index in [1.807, 2.05) is 0 Å². The van der Waals surface area contributed by atoms with Crippen molar-refractivity contribution in [3.63, 3.8) is 0 Å². The van der Waals surface area contributed by atoms with Gasteiger partial charge in [0.2, 0.25) is 0 Å². The zero-order valence-corrected chi connectivity index (χ0v) is 12.9. The molecular weight excluding hydrogens is 232 g/mol. The van der Waals surface area contributed by atoms with Gasteiger partial charge in [-0.3, -0.25) is 4.98 Å². The lowest BCUT2D eigenvalue weighted by Gasteiger charge is -2.37. The van der Waals surface area contributed by atoms with Gasteiger partial charge in [-0.1, -0.05) is 33.6 Å². The summed E-state index contributed by atoms with van der Waals surface area (Å²) >= 11 is 0. The van der Waals surface area contributed by atoms with Crippen molar-refractivity contribution in [2.24, 2.45) is 11.8 Å². The monoisotopic (exact) mass is 260 g/mol. The Balaban J connectivity index is 2.04. The van der Waals surface area contributed by atoms with Gasteiger partial charge in [0, 0.05) is 18.8 Å². The van der Waals surface area contributed by atoms with E-state index in [-0.39, 0.29) is 0 Å². The second-order valence-electron chi connectivity index (χ2n) is 6.55. The Labute approximate surface area is 118 Å². The highest BCUT2D eigenvalue weighted by Gasteiger charge is 2.25. The lowest BCUT2D eigenvalue weighted by Crippen LogP contribution is -2.39. The molecule has 0 bridgehead atoms. The fourth-order valence-electron chi connectivity index (χ4n) is 3.23. The molecule has 1 aromatic rings. The van der Waals surface area contributed by atoms with Gasteiger partial charge in [0.25, 0.3) is 0 Å². The van der Waals surface area contributed by atoms with Gasteiger partial charge in [-0.15, -0.1) is 0 Å². The molecule has 1 fully saturated rings. The second-order valence-corrected chi connectivity index (χ2v) is 6.55. The van der Waals surface area contributed by atoms with Gasteiger partial charge in [-0.25, -0.2) is 0 Å². The molecule has 2 nitrogen and oxygen atoms in total. The minimum Gasteiger partial charge on any atom is -0.370 e. The largest absolute Gasteiger partial charge is 0.370 e. The van der Waals surface area contributed by atoms with Crippen molar-refractivity contribution in [1.29, 1.82) is 0 Å². The van der Waals surface area contributed by atoms with Gasteiger partial charge in [0.1, 0.15) is 0 Å². The Morgan fingerprint density at radius 1 is 1.26 bits per heavy atom. The number of pyridine rings is 1. The summed E-state index contributed by atoms with van der Waals surface area (Å²) in [5.74, 6) is 1.48. The molecule has 0 unspecified atom stereocenters. The third kappa shape index (κ3) is 3.71. The third-order valence-corrected chi connectivity index (χ3v) is 4.40. The first-order valence-corrected chi connectivity index (χ1v) is 7.75. The minimum absolute atomic E-state index is 0.675. The molecule has 0 N–H and O–H groups in total. The minimum atomic E-state index is 0.675. The maximum absolute atomic E-state index is 4.62. The summed E-state index contributed by atoms with van der Waals surface area (Å²) in [6.07, 6.45) is 8.59. The molecule has 0 saturated heterocycles. The fourth-order valence-corrected chi connectivity index (χ4v) is 3.23. The van der Waals surface area contributed by atoms with Crippen LogP contribution in [0.5, 0.6) is 0 Å². The molecule has 1 aliphatic carbocycles. The Morgan fingerprint density at radius 3 is 2.58 bits per heavy atom. The Morgan fingerprint density at radius 2 is 2.00 bits per heavy atom. The smallest absolute Gasteiger partial charge is 0.0552 e. The van der Waals surface area contributed by atoms with Crippen LogP contribution in [0.1, 0.15) is 52.1 Å². The average molecular weight is 260 g/mol. The maximum atomic E-state index is 4.62. The summed E-state index contributed by atoms with van der Waals surface area (Å²) in [5.41, 5.74) is 2.48. The summed E-state index contributed by atoms with van der Waals surface area (Å²) in [5, 5.41) is 0. The molecule has 1 aromatic heterocycles. The van der Waals surface area contributed by atoms with Crippen LogP contribution in [0.3, 0.4) is 0 Å². The van der Waals surface area contributed by atoms with Crippen molar-refractivity contribution in [2.45, 2.75) is 58.9 Å². The van der Waals surface area contributed by atoms with Crippen molar-refractivity contribution in [1.82, 2.24) is 4.98 Å². The van der Waals surface area contributed by atoms with Crippen molar-refractivity contribution >= 4 is 5.69 Å². The maximum Gasteiger partial charge on any atom is 0.0552 e. The number of hydrogen-bond acceptors (Lipinski definition) is 2. The fraction of sp³-hybridized carbons (Fsp3) is 0.706. The molecule has 0 amide bonds. The van der Waals surface area contributed by atoms with Crippen LogP contribution < -0.4 is 4.90 Å². The van der Waals surface area contributed by atoms with E-state index in [1.54, 1.807) is 0 Å². The molecule has 106 valence electrons. The SMILES string of the molecule is CC(C)Cc1ccc(N(C)[C@H]2CCCC[C@H]2C)cn1. The lowest BCUT2D eigenvalue weighted by molar-refractivity contribution is 0.321. The van der Waals surface area contributed by atoms with Crippen LogP contribution in [0.2, 0.25) is 0 Å². The standard InChI is InChI=1S/C17H28N2/c1-13(2)11-15-9-10-16(12-18-15)19(4)17-8-6-5-7-14(17)3/h9-10,12-14,17H,5-8,11H2,1-4H3/t14-,17+/m1/s1. The molecule has 0 radical (unpaired) electrons. The molecular formula is C17H28N2. The average Bonchev–Trinajstić information content (AvgIpc) is 2.39. The number of rotatable bonds is 4. The first kappa shape index (κ1) is 14.4. The van der Waals surface area contributed by atoms with E-state index in [4.69, 9.17) is 0 Å². The van der Waals surface area contributed by atoms with Crippen LogP contribution >= 0.6 is 0 Å². The molecule has 19 heavy (non-hydrogen) atoms. The van der Waals surface area contributed by atoms with E-state index in [0.29, 0.717) is 12.0 Å². The molecule has 1 saturated carbocycles. The molecule has 0 spiro atoms. The molecule has 2 rings (SSSR count). The van der Waals surface area contributed by atoms with Gasteiger partial charge >= 0.3 is 0 Å². The zero-order valence-electron chi connectivity index (χ0n) is 12.9. The first-order chi connectivity index (χ1) is 9.08. The normalized spacial score (nSPS) is 23.6. The molecule has 0 aromatic carbocycles. The second kappa shape index (κ2) is 6.40. The van der Waals surface area contributed by atoms with E-state index in [2.05, 4.69) is 56.0 Å². The van der Waals surface area contributed by atoms with Crippen LogP contribution in [0.4, 0.5) is 5.69 Å². The highest BCUT2D eigenvalue weighted by molar-refractivity contribution is 5.45. The van der Waals surface area contributed by atoms with E-state index >= 15 is 0 Å². The summed E-state index contributed by atoms with van der Waals surface area (Å²) in [7, 11) is 2.23. The molecule has 2 heteroatoms. The van der Waals surface area contributed by atoms with Gasteiger partial charge in [0.05, 0.1) is 11.9 Å². The number of aromatic nitrogens is 1. The summed E-state index contributed by atoms with van der Waals surface area (Å²) in [6.45, 7) is 6.87. The van der Waals surface area contributed by atoms with Crippen molar-refractivity contribution in [3.8, 4) is 0 Å². The first-order valence-electron chi connectivity index (χ1n) is 7.75. The Bertz CT molecular complexity index is 383. The van der Waals surface area contributed by atoms with Gasteiger partial charge in [-0.05, 0) is 43.2 Å². The van der Waals surface area contributed by atoms with Gasteiger partial charge < -0.3 is 4.90 Å². The summed E-state index contributed by atoms with van der Waals surface area (Å²) < 4.78 is 0. The third-order valence-electron chi connectivity index (χ3n) is 4.40. The van der Waals surface area contributed by atoms with Crippen LogP contribution in [-0.4, -0.2) is 18.1 Å². The highest BCUT2D eigenvalue weighted by atomic mass is 15.1. The van der Waals surface area contributed by atoms with E-state index in [0.717, 1.165) is 12.3 Å². The summed E-state index contributed by atoms with van der Waals surface area (Å²) in [6, 6.07) is 5.12. The van der Waals surface area contributed by atoms with Crippen LogP contribution in [-0.2, 0) is 6.42 Å². The van der Waals surface area contributed by atoms with Crippen LogP contribution in [0.25, 0.3) is 0 Å². The van der Waals surface area contributed by atoms with E-state index < -0.39 is 0 Å². The van der Waals surface area contributed by atoms with Crippen molar-refractivity contribution in [3.05, 3.63) is 24.0 Å². The van der Waals surface area contributed by atoms with E-state index in [1.165, 1.54) is 37.1 Å². The molecule has 1 aliphatic rings. The van der Waals surface area contributed by atoms with Crippen LogP contribution in [0, 0.1) is 11.8 Å². The van der Waals surface area contributed by atoms with Crippen molar-refractivity contribution in [2.75, 3.05) is 11.9 Å². The van der Waals surface area contributed by atoms with Gasteiger partial charge in [-0.2, -0.15) is 0 Å². The predicted molar refractivity (Wildman–Crippen MR) is 82.6 cm³/mol. The lowest BCUT2D eigenvalue weighted by atomic mass is 9.85. The summed E-state index contributed by atoms with van der Waals surface area (Å²) in [4.78, 5) is 7.06. The molecule has 0 aliphatic heterocycles.